The summed E-state index contributed by atoms with van der Waals surface area (Å²) in [7, 11) is 0. The fraction of sp³-hybridized carbons (Fsp3) is 0.933. The van der Waals surface area contributed by atoms with Crippen LogP contribution in [-0.2, 0) is 0 Å². The number of rotatable bonds is 2. The molecule has 0 bridgehead atoms. The molecule has 122 valence electrons. The molecule has 0 aromatic rings. The Morgan fingerprint density at radius 1 is 1.19 bits per heavy atom. The predicted molar refractivity (Wildman–Crippen MR) is 78.0 cm³/mol. The van der Waals surface area contributed by atoms with E-state index in [2.05, 4.69) is 11.9 Å². The fourth-order valence-corrected chi connectivity index (χ4v) is 3.57. The highest BCUT2D eigenvalue weighted by atomic mass is 19.4. The van der Waals surface area contributed by atoms with Gasteiger partial charge in [-0.1, -0.05) is 19.8 Å². The monoisotopic (exact) mass is 305 g/mol. The number of halogens is 3. The summed E-state index contributed by atoms with van der Waals surface area (Å²) in [5.74, 6) is -0.610. The molecule has 3 atom stereocenters. The van der Waals surface area contributed by atoms with Crippen LogP contribution in [0.15, 0.2) is 4.99 Å². The molecule has 6 heteroatoms. The van der Waals surface area contributed by atoms with Gasteiger partial charge in [-0.15, -0.1) is 0 Å². The van der Waals surface area contributed by atoms with Crippen molar-refractivity contribution in [3.8, 4) is 0 Å². The van der Waals surface area contributed by atoms with E-state index < -0.39 is 18.0 Å². The van der Waals surface area contributed by atoms with Gasteiger partial charge in [0, 0.05) is 19.6 Å². The van der Waals surface area contributed by atoms with Crippen molar-refractivity contribution >= 4 is 5.96 Å². The highest BCUT2D eigenvalue weighted by Crippen LogP contribution is 2.41. The van der Waals surface area contributed by atoms with E-state index in [1.165, 1.54) is 6.42 Å². The zero-order valence-corrected chi connectivity index (χ0v) is 12.7. The zero-order chi connectivity index (χ0) is 15.5. The second-order valence-corrected chi connectivity index (χ2v) is 6.58. The van der Waals surface area contributed by atoms with E-state index in [0.717, 1.165) is 25.9 Å². The lowest BCUT2D eigenvalue weighted by molar-refractivity contribution is -0.195. The van der Waals surface area contributed by atoms with Gasteiger partial charge < -0.3 is 10.6 Å². The maximum atomic E-state index is 13.0. The Bertz CT molecular complexity index is 368. The molecule has 0 amide bonds. The van der Waals surface area contributed by atoms with E-state index in [9.17, 15) is 13.2 Å². The molecule has 0 unspecified atom stereocenters. The Labute approximate surface area is 124 Å². The molecule has 1 saturated carbocycles. The third-order valence-corrected chi connectivity index (χ3v) is 4.80. The van der Waals surface area contributed by atoms with E-state index in [0.29, 0.717) is 24.7 Å². The Morgan fingerprint density at radius 3 is 2.57 bits per heavy atom. The summed E-state index contributed by atoms with van der Waals surface area (Å²) in [5, 5.41) is 0. The first-order valence-corrected chi connectivity index (χ1v) is 7.99. The van der Waals surface area contributed by atoms with Gasteiger partial charge in [-0.3, -0.25) is 4.99 Å². The standard InChI is InChI=1S/C15H26F3N3/c1-11-5-4-8-21(10-11)14(19)20-9-12-6-2-3-7-13(12)15(16,17)18/h11-13H,2-10H2,1H3,(H2,19,20)/t11-,12+,13+/m1/s1. The molecule has 2 fully saturated rings. The summed E-state index contributed by atoms with van der Waals surface area (Å²) >= 11 is 0. The van der Waals surface area contributed by atoms with Crippen molar-refractivity contribution < 1.29 is 13.2 Å². The molecule has 2 aliphatic rings. The minimum atomic E-state index is -4.10. The van der Waals surface area contributed by atoms with Gasteiger partial charge >= 0.3 is 6.18 Å². The summed E-state index contributed by atoms with van der Waals surface area (Å²) in [5.41, 5.74) is 5.98. The van der Waals surface area contributed by atoms with Gasteiger partial charge in [0.2, 0.25) is 0 Å². The minimum Gasteiger partial charge on any atom is -0.370 e. The second kappa shape index (κ2) is 6.88. The number of piperidine rings is 1. The highest BCUT2D eigenvalue weighted by Gasteiger charge is 2.45. The Balaban J connectivity index is 1.94. The van der Waals surface area contributed by atoms with Crippen molar-refractivity contribution in [3.05, 3.63) is 0 Å². The van der Waals surface area contributed by atoms with Crippen molar-refractivity contribution in [2.24, 2.45) is 28.5 Å². The van der Waals surface area contributed by atoms with Crippen molar-refractivity contribution in [2.75, 3.05) is 19.6 Å². The van der Waals surface area contributed by atoms with Crippen molar-refractivity contribution in [1.29, 1.82) is 0 Å². The van der Waals surface area contributed by atoms with Gasteiger partial charge in [0.25, 0.3) is 0 Å². The summed E-state index contributed by atoms with van der Waals surface area (Å²) in [6, 6.07) is 0. The van der Waals surface area contributed by atoms with Crippen LogP contribution in [-0.4, -0.2) is 36.7 Å². The Morgan fingerprint density at radius 2 is 1.90 bits per heavy atom. The van der Waals surface area contributed by atoms with Crippen LogP contribution in [0.1, 0.15) is 45.4 Å². The van der Waals surface area contributed by atoms with Crippen molar-refractivity contribution in [1.82, 2.24) is 4.90 Å². The number of hydrogen-bond acceptors (Lipinski definition) is 1. The average Bonchev–Trinajstić information content (AvgIpc) is 2.44. The van der Waals surface area contributed by atoms with Crippen LogP contribution >= 0.6 is 0 Å². The van der Waals surface area contributed by atoms with Gasteiger partial charge in [0.15, 0.2) is 5.96 Å². The smallest absolute Gasteiger partial charge is 0.370 e. The molecular formula is C15H26F3N3. The van der Waals surface area contributed by atoms with E-state index in [-0.39, 0.29) is 13.0 Å². The van der Waals surface area contributed by atoms with E-state index in [1.807, 2.05) is 4.90 Å². The first-order chi connectivity index (χ1) is 9.88. The summed E-state index contributed by atoms with van der Waals surface area (Å²) in [6.45, 7) is 4.11. The molecular weight excluding hydrogens is 279 g/mol. The molecule has 0 aromatic carbocycles. The number of nitrogens with two attached hydrogens (primary N) is 1. The topological polar surface area (TPSA) is 41.6 Å². The van der Waals surface area contributed by atoms with Crippen LogP contribution in [0, 0.1) is 17.8 Å². The molecule has 3 nitrogen and oxygen atoms in total. The summed E-state index contributed by atoms with van der Waals surface area (Å²) < 4.78 is 39.1. The number of alkyl halides is 3. The fourth-order valence-electron chi connectivity index (χ4n) is 3.57. The average molecular weight is 305 g/mol. The van der Waals surface area contributed by atoms with Gasteiger partial charge in [0.05, 0.1) is 5.92 Å². The number of guanidine groups is 1. The van der Waals surface area contributed by atoms with Crippen molar-refractivity contribution in [2.45, 2.75) is 51.6 Å². The van der Waals surface area contributed by atoms with E-state index in [4.69, 9.17) is 5.73 Å². The molecule has 1 aliphatic carbocycles. The maximum absolute atomic E-state index is 13.0. The molecule has 0 spiro atoms. The first kappa shape index (κ1) is 16.4. The quantitative estimate of drug-likeness (QED) is 0.627. The van der Waals surface area contributed by atoms with Crippen molar-refractivity contribution in [3.63, 3.8) is 0 Å². The Kier molecular flexibility index (Phi) is 5.38. The molecule has 21 heavy (non-hydrogen) atoms. The minimum absolute atomic E-state index is 0.209. The first-order valence-electron chi connectivity index (χ1n) is 7.99. The maximum Gasteiger partial charge on any atom is 0.392 e. The second-order valence-electron chi connectivity index (χ2n) is 6.58. The highest BCUT2D eigenvalue weighted by molar-refractivity contribution is 5.78. The molecule has 0 aromatic heterocycles. The third kappa shape index (κ3) is 4.51. The van der Waals surface area contributed by atoms with Gasteiger partial charge in [0.1, 0.15) is 0 Å². The number of likely N-dealkylation sites (tertiary alicyclic amines) is 1. The lowest BCUT2D eigenvalue weighted by Gasteiger charge is -2.34. The molecule has 1 heterocycles. The molecule has 2 rings (SSSR count). The molecule has 1 saturated heterocycles. The van der Waals surface area contributed by atoms with Crippen LogP contribution in [0.25, 0.3) is 0 Å². The molecule has 1 aliphatic heterocycles. The summed E-state index contributed by atoms with van der Waals surface area (Å²) in [6.07, 6.45) is 0.544. The number of hydrogen-bond donors (Lipinski definition) is 1. The lowest BCUT2D eigenvalue weighted by Crippen LogP contribution is -2.44. The van der Waals surface area contributed by atoms with Crippen LogP contribution in [0.4, 0.5) is 13.2 Å². The third-order valence-electron chi connectivity index (χ3n) is 4.80. The van der Waals surface area contributed by atoms with Crippen LogP contribution < -0.4 is 5.73 Å². The van der Waals surface area contributed by atoms with E-state index in [1.54, 1.807) is 0 Å². The number of nitrogens with zero attached hydrogens (tertiary/aromatic N) is 2. The van der Waals surface area contributed by atoms with Gasteiger partial charge in [-0.25, -0.2) is 0 Å². The SMILES string of the molecule is C[C@@H]1CCCN(C(N)=NC[C@@H]2CCCC[C@@H]2C(F)(F)F)C1. The molecule has 0 radical (unpaired) electrons. The zero-order valence-electron chi connectivity index (χ0n) is 12.7. The predicted octanol–water partition coefficient (Wildman–Crippen LogP) is 3.40. The lowest BCUT2D eigenvalue weighted by atomic mass is 9.79. The summed E-state index contributed by atoms with van der Waals surface area (Å²) in [4.78, 5) is 6.30. The molecule has 2 N–H and O–H groups in total. The van der Waals surface area contributed by atoms with Crippen LogP contribution in [0.2, 0.25) is 0 Å². The largest absolute Gasteiger partial charge is 0.392 e. The number of aliphatic imine (C=N–C) groups is 1. The normalized spacial score (nSPS) is 32.3. The van der Waals surface area contributed by atoms with E-state index >= 15 is 0 Å². The Hall–Kier alpha value is -0.940. The van der Waals surface area contributed by atoms with Gasteiger partial charge in [-0.05, 0) is 37.5 Å². The van der Waals surface area contributed by atoms with Gasteiger partial charge in [-0.2, -0.15) is 13.2 Å². The van der Waals surface area contributed by atoms with Crippen LogP contribution in [0.5, 0.6) is 0 Å². The van der Waals surface area contributed by atoms with Crippen LogP contribution in [0.3, 0.4) is 0 Å².